The van der Waals surface area contributed by atoms with Crippen LogP contribution >= 0.6 is 11.3 Å². The maximum absolute atomic E-state index is 11.9. The SMILES string of the molecule is CC(C)(C)OC(=O)N[C@H](Cc1ccc(Oc2nc3ccccc3s2)cc1)C(=O)O. The predicted octanol–water partition coefficient (Wildman–Crippen LogP) is 4.61. The van der Waals surface area contributed by atoms with Gasteiger partial charge in [0, 0.05) is 6.42 Å². The molecule has 0 aliphatic heterocycles. The number of nitrogens with one attached hydrogen (secondary N) is 1. The average molecular weight is 414 g/mol. The molecule has 1 aromatic heterocycles. The Labute approximate surface area is 172 Å². The summed E-state index contributed by atoms with van der Waals surface area (Å²) in [5, 5.41) is 12.3. The lowest BCUT2D eigenvalue weighted by molar-refractivity contribution is -0.139. The molecule has 7 nitrogen and oxygen atoms in total. The van der Waals surface area contributed by atoms with Crippen molar-refractivity contribution in [3.63, 3.8) is 0 Å². The van der Waals surface area contributed by atoms with Gasteiger partial charge in [0.15, 0.2) is 0 Å². The monoisotopic (exact) mass is 414 g/mol. The Balaban J connectivity index is 1.63. The molecule has 0 aliphatic rings. The third-order valence-electron chi connectivity index (χ3n) is 3.83. The minimum absolute atomic E-state index is 0.121. The van der Waals surface area contributed by atoms with E-state index in [1.807, 2.05) is 24.3 Å². The number of benzene rings is 2. The molecule has 29 heavy (non-hydrogen) atoms. The maximum Gasteiger partial charge on any atom is 0.408 e. The zero-order valence-corrected chi connectivity index (χ0v) is 17.2. The number of nitrogens with zero attached hydrogens (tertiary/aromatic N) is 1. The van der Waals surface area contributed by atoms with Crippen LogP contribution in [-0.2, 0) is 16.0 Å². The van der Waals surface area contributed by atoms with E-state index in [9.17, 15) is 14.7 Å². The predicted molar refractivity (Wildman–Crippen MR) is 111 cm³/mol. The van der Waals surface area contributed by atoms with Crippen molar-refractivity contribution in [1.82, 2.24) is 10.3 Å². The summed E-state index contributed by atoms with van der Waals surface area (Å²) in [5.74, 6) is -0.537. The summed E-state index contributed by atoms with van der Waals surface area (Å²) in [6.07, 6.45) is -0.642. The first-order chi connectivity index (χ1) is 13.7. The first-order valence-corrected chi connectivity index (χ1v) is 9.86. The van der Waals surface area contributed by atoms with Crippen LogP contribution in [0.4, 0.5) is 4.79 Å². The van der Waals surface area contributed by atoms with E-state index >= 15 is 0 Å². The summed E-state index contributed by atoms with van der Waals surface area (Å²) in [7, 11) is 0. The van der Waals surface area contributed by atoms with Gasteiger partial charge < -0.3 is 19.9 Å². The summed E-state index contributed by atoms with van der Waals surface area (Å²) in [5.41, 5.74) is 0.916. The fourth-order valence-corrected chi connectivity index (χ4v) is 3.41. The van der Waals surface area contributed by atoms with Crippen LogP contribution in [0, 0.1) is 0 Å². The molecule has 1 amide bonds. The number of rotatable bonds is 6. The summed E-state index contributed by atoms with van der Waals surface area (Å²) >= 11 is 1.45. The zero-order valence-electron chi connectivity index (χ0n) is 16.3. The number of aromatic nitrogens is 1. The van der Waals surface area contributed by atoms with Crippen molar-refractivity contribution in [3.8, 4) is 10.9 Å². The second-order valence-corrected chi connectivity index (χ2v) is 8.43. The Morgan fingerprint density at radius 2 is 1.83 bits per heavy atom. The molecule has 1 heterocycles. The lowest BCUT2D eigenvalue weighted by atomic mass is 10.1. The van der Waals surface area contributed by atoms with E-state index in [0.717, 1.165) is 15.8 Å². The third kappa shape index (κ3) is 5.92. The molecule has 0 spiro atoms. The van der Waals surface area contributed by atoms with Crippen molar-refractivity contribution in [1.29, 1.82) is 0 Å². The molecule has 0 fully saturated rings. The highest BCUT2D eigenvalue weighted by atomic mass is 32.1. The Hall–Kier alpha value is -3.13. The number of alkyl carbamates (subject to hydrolysis) is 1. The first kappa shape index (κ1) is 20.6. The van der Waals surface area contributed by atoms with Gasteiger partial charge in [-0.1, -0.05) is 35.6 Å². The molecule has 0 saturated heterocycles. The minimum atomic E-state index is -1.13. The van der Waals surface area contributed by atoms with Gasteiger partial charge in [0.1, 0.15) is 17.4 Å². The van der Waals surface area contributed by atoms with E-state index in [4.69, 9.17) is 9.47 Å². The molecule has 152 valence electrons. The number of carboxylic acid groups (broad SMARTS) is 1. The van der Waals surface area contributed by atoms with Crippen LogP contribution in [0.15, 0.2) is 48.5 Å². The van der Waals surface area contributed by atoms with Crippen molar-refractivity contribution in [2.75, 3.05) is 0 Å². The molecule has 0 bridgehead atoms. The summed E-state index contributed by atoms with van der Waals surface area (Å²) in [6, 6.07) is 13.7. The third-order valence-corrected chi connectivity index (χ3v) is 4.75. The summed E-state index contributed by atoms with van der Waals surface area (Å²) in [6.45, 7) is 5.14. The van der Waals surface area contributed by atoms with E-state index in [1.165, 1.54) is 11.3 Å². The topological polar surface area (TPSA) is 97.8 Å². The highest BCUT2D eigenvalue weighted by Crippen LogP contribution is 2.31. The Kier molecular flexibility index (Phi) is 6.03. The molecule has 0 saturated carbocycles. The number of carboxylic acids is 1. The highest BCUT2D eigenvalue weighted by molar-refractivity contribution is 7.20. The number of hydrogen-bond donors (Lipinski definition) is 2. The number of carbonyl (C=O) groups excluding carboxylic acids is 1. The summed E-state index contributed by atoms with van der Waals surface area (Å²) < 4.78 is 12.0. The Morgan fingerprint density at radius 1 is 1.14 bits per heavy atom. The molecule has 0 aliphatic carbocycles. The molecule has 3 aromatic rings. The number of ether oxygens (including phenoxy) is 2. The van der Waals surface area contributed by atoms with Gasteiger partial charge in [-0.3, -0.25) is 0 Å². The maximum atomic E-state index is 11.9. The molecule has 0 unspecified atom stereocenters. The normalized spacial score (nSPS) is 12.4. The number of carbonyl (C=O) groups is 2. The van der Waals surface area contributed by atoms with Gasteiger partial charge in [-0.25, -0.2) is 14.6 Å². The van der Waals surface area contributed by atoms with Crippen molar-refractivity contribution in [2.24, 2.45) is 0 Å². The van der Waals surface area contributed by atoms with Gasteiger partial charge in [-0.2, -0.15) is 0 Å². The number of para-hydroxylation sites is 1. The molecule has 3 rings (SSSR count). The largest absolute Gasteiger partial charge is 0.480 e. The van der Waals surface area contributed by atoms with E-state index in [2.05, 4.69) is 10.3 Å². The van der Waals surface area contributed by atoms with E-state index in [1.54, 1.807) is 45.0 Å². The molecular weight excluding hydrogens is 392 g/mol. The zero-order chi connectivity index (χ0) is 21.0. The van der Waals surface area contributed by atoms with E-state index in [-0.39, 0.29) is 6.42 Å². The van der Waals surface area contributed by atoms with E-state index < -0.39 is 23.7 Å². The Morgan fingerprint density at radius 3 is 2.45 bits per heavy atom. The highest BCUT2D eigenvalue weighted by Gasteiger charge is 2.24. The second-order valence-electron chi connectivity index (χ2n) is 7.43. The Bertz CT molecular complexity index is 975. The van der Waals surface area contributed by atoms with Crippen LogP contribution in [0.5, 0.6) is 10.9 Å². The van der Waals surface area contributed by atoms with Gasteiger partial charge in [0.2, 0.25) is 0 Å². The van der Waals surface area contributed by atoms with Gasteiger partial charge in [0.25, 0.3) is 5.19 Å². The van der Waals surface area contributed by atoms with Crippen LogP contribution in [0.1, 0.15) is 26.3 Å². The number of fused-ring (bicyclic) bond motifs is 1. The lowest BCUT2D eigenvalue weighted by Gasteiger charge is -2.22. The molecular formula is C21H22N2O5S. The van der Waals surface area contributed by atoms with Crippen LogP contribution in [-0.4, -0.2) is 33.8 Å². The van der Waals surface area contributed by atoms with E-state index in [0.29, 0.717) is 10.9 Å². The van der Waals surface area contributed by atoms with Gasteiger partial charge in [-0.05, 0) is 50.6 Å². The fraction of sp³-hybridized carbons (Fsp3) is 0.286. The second kappa shape index (κ2) is 8.48. The molecule has 2 aromatic carbocycles. The number of thiazole rings is 1. The molecule has 8 heteroatoms. The fourth-order valence-electron chi connectivity index (χ4n) is 2.57. The van der Waals surface area contributed by atoms with Crippen LogP contribution < -0.4 is 10.1 Å². The van der Waals surface area contributed by atoms with Crippen LogP contribution in [0.25, 0.3) is 10.2 Å². The van der Waals surface area contributed by atoms with Crippen molar-refractivity contribution >= 4 is 33.6 Å². The van der Waals surface area contributed by atoms with Crippen molar-refractivity contribution in [3.05, 3.63) is 54.1 Å². The number of aliphatic carboxylic acids is 1. The molecule has 0 radical (unpaired) electrons. The number of amides is 1. The smallest absolute Gasteiger partial charge is 0.408 e. The van der Waals surface area contributed by atoms with Gasteiger partial charge >= 0.3 is 12.1 Å². The van der Waals surface area contributed by atoms with Crippen molar-refractivity contribution < 1.29 is 24.2 Å². The van der Waals surface area contributed by atoms with Gasteiger partial charge in [0.05, 0.1) is 10.2 Å². The molecule has 1 atom stereocenters. The standard InChI is InChI=1S/C21H22N2O5S/c1-21(2,3)28-19(26)22-16(18(24)25)12-13-8-10-14(11-9-13)27-20-23-15-6-4-5-7-17(15)29-20/h4-11,16H,12H2,1-3H3,(H,22,26)(H,24,25)/t16-/m1/s1. The number of hydrogen-bond acceptors (Lipinski definition) is 6. The summed E-state index contributed by atoms with van der Waals surface area (Å²) in [4.78, 5) is 27.8. The molecule has 2 N–H and O–H groups in total. The lowest BCUT2D eigenvalue weighted by Crippen LogP contribution is -2.44. The van der Waals surface area contributed by atoms with Crippen molar-refractivity contribution in [2.45, 2.75) is 38.8 Å². The average Bonchev–Trinajstić information content (AvgIpc) is 3.03. The van der Waals surface area contributed by atoms with Gasteiger partial charge in [-0.15, -0.1) is 0 Å². The van der Waals surface area contributed by atoms with Crippen LogP contribution in [0.2, 0.25) is 0 Å². The quantitative estimate of drug-likeness (QED) is 0.611. The van der Waals surface area contributed by atoms with Crippen LogP contribution in [0.3, 0.4) is 0 Å². The first-order valence-electron chi connectivity index (χ1n) is 9.04. The minimum Gasteiger partial charge on any atom is -0.480 e.